The number of nitrogens with one attached hydrogen (secondary N) is 1. The van der Waals surface area contributed by atoms with Crippen molar-refractivity contribution in [1.29, 1.82) is 0 Å². The minimum absolute atomic E-state index is 0.220. The van der Waals surface area contributed by atoms with Gasteiger partial charge in [0.25, 0.3) is 5.91 Å². The average molecular weight is 359 g/mol. The molecule has 0 radical (unpaired) electrons. The predicted octanol–water partition coefficient (Wildman–Crippen LogP) is 3.31. The van der Waals surface area contributed by atoms with Crippen LogP contribution in [0.2, 0.25) is 0 Å². The lowest BCUT2D eigenvalue weighted by Crippen LogP contribution is -2.30. The van der Waals surface area contributed by atoms with Crippen LogP contribution < -0.4 is 5.32 Å². The molecule has 132 valence electrons. The first-order valence-corrected chi connectivity index (χ1v) is 9.30. The summed E-state index contributed by atoms with van der Waals surface area (Å²) in [6, 6.07) is 13.9. The van der Waals surface area contributed by atoms with Crippen LogP contribution in [0.25, 0.3) is 0 Å². The highest BCUT2D eigenvalue weighted by molar-refractivity contribution is 7.85. The first-order valence-electron chi connectivity index (χ1n) is 7.98. The summed E-state index contributed by atoms with van der Waals surface area (Å²) in [6.07, 6.45) is -0.975. The predicted molar refractivity (Wildman–Crippen MR) is 98.1 cm³/mol. The molecular weight excluding hydrogens is 338 g/mol. The number of benzene rings is 2. The van der Waals surface area contributed by atoms with E-state index in [-0.39, 0.29) is 5.56 Å². The molecule has 0 spiro atoms. The SMILES string of the molecule is CC[S@@](=O)c1ccccc1C(=O)O[C@H](C)C(=O)Nc1ccc(C)cc1. The minimum Gasteiger partial charge on any atom is -0.449 e. The third-order valence-electron chi connectivity index (χ3n) is 3.59. The van der Waals surface area contributed by atoms with Crippen molar-refractivity contribution in [3.05, 3.63) is 59.7 Å². The zero-order valence-electron chi connectivity index (χ0n) is 14.4. The summed E-state index contributed by atoms with van der Waals surface area (Å²) in [5.74, 6) is -0.691. The van der Waals surface area contributed by atoms with Gasteiger partial charge in [-0.25, -0.2) is 4.79 Å². The summed E-state index contributed by atoms with van der Waals surface area (Å²) in [7, 11) is -1.28. The Hall–Kier alpha value is -2.47. The maximum absolute atomic E-state index is 12.4. The Morgan fingerprint density at radius 3 is 2.40 bits per heavy atom. The van der Waals surface area contributed by atoms with Crippen LogP contribution in [-0.2, 0) is 20.3 Å². The fraction of sp³-hybridized carbons (Fsp3) is 0.263. The number of aryl methyl sites for hydroxylation is 1. The summed E-state index contributed by atoms with van der Waals surface area (Å²) in [4.78, 5) is 25.0. The van der Waals surface area contributed by atoms with Crippen molar-refractivity contribution in [2.45, 2.75) is 31.8 Å². The average Bonchev–Trinajstić information content (AvgIpc) is 2.62. The van der Waals surface area contributed by atoms with Crippen molar-refractivity contribution in [3.63, 3.8) is 0 Å². The Balaban J connectivity index is 2.06. The van der Waals surface area contributed by atoms with Gasteiger partial charge in [-0.1, -0.05) is 36.8 Å². The van der Waals surface area contributed by atoms with Crippen LogP contribution in [0.15, 0.2) is 53.4 Å². The number of carbonyl (C=O) groups is 2. The molecule has 2 aromatic rings. The van der Waals surface area contributed by atoms with E-state index in [2.05, 4.69) is 5.32 Å². The van der Waals surface area contributed by atoms with E-state index in [1.165, 1.54) is 6.92 Å². The fourth-order valence-corrected chi connectivity index (χ4v) is 3.09. The molecule has 6 heteroatoms. The zero-order valence-corrected chi connectivity index (χ0v) is 15.3. The standard InChI is InChI=1S/C19H21NO4S/c1-4-25(23)17-8-6-5-7-16(17)19(22)24-14(3)18(21)20-15-11-9-13(2)10-12-15/h5-12,14H,4H2,1-3H3,(H,20,21)/t14-,25-/m1/s1. The molecule has 1 N–H and O–H groups in total. The Morgan fingerprint density at radius 1 is 1.12 bits per heavy atom. The molecule has 0 aliphatic rings. The molecule has 0 unspecified atom stereocenters. The largest absolute Gasteiger partial charge is 0.449 e. The molecule has 2 aromatic carbocycles. The second-order valence-corrected chi connectivity index (χ2v) is 7.24. The highest BCUT2D eigenvalue weighted by Crippen LogP contribution is 2.16. The molecule has 25 heavy (non-hydrogen) atoms. The van der Waals surface area contributed by atoms with Crippen LogP contribution in [0.5, 0.6) is 0 Å². The smallest absolute Gasteiger partial charge is 0.340 e. The van der Waals surface area contributed by atoms with Crippen LogP contribution in [0.3, 0.4) is 0 Å². The number of hydrogen-bond donors (Lipinski definition) is 1. The molecule has 0 saturated carbocycles. The molecule has 2 rings (SSSR count). The maximum atomic E-state index is 12.4. The molecule has 0 heterocycles. The van der Waals surface area contributed by atoms with Gasteiger partial charge in [0.15, 0.2) is 6.10 Å². The fourth-order valence-electron chi connectivity index (χ4n) is 2.15. The highest BCUT2D eigenvalue weighted by atomic mass is 32.2. The van der Waals surface area contributed by atoms with E-state index >= 15 is 0 Å². The molecule has 0 bridgehead atoms. The van der Waals surface area contributed by atoms with E-state index in [0.29, 0.717) is 16.3 Å². The minimum atomic E-state index is -1.28. The lowest BCUT2D eigenvalue weighted by atomic mass is 10.2. The molecule has 0 aliphatic carbocycles. The Labute approximate surface area is 149 Å². The molecule has 0 aromatic heterocycles. The number of hydrogen-bond acceptors (Lipinski definition) is 4. The lowest BCUT2D eigenvalue weighted by molar-refractivity contribution is -0.123. The molecule has 0 fully saturated rings. The topological polar surface area (TPSA) is 72.5 Å². The molecule has 0 saturated heterocycles. The third-order valence-corrected chi connectivity index (χ3v) is 4.96. The monoisotopic (exact) mass is 359 g/mol. The second-order valence-electron chi connectivity index (χ2n) is 5.53. The molecule has 2 atom stereocenters. The summed E-state index contributed by atoms with van der Waals surface area (Å²) in [5, 5.41) is 2.70. The van der Waals surface area contributed by atoms with Gasteiger partial charge in [-0.05, 0) is 38.1 Å². The first kappa shape index (κ1) is 18.9. The number of carbonyl (C=O) groups excluding carboxylic acids is 2. The van der Waals surface area contributed by atoms with Crippen LogP contribution in [-0.4, -0.2) is 27.9 Å². The zero-order chi connectivity index (χ0) is 18.4. The van der Waals surface area contributed by atoms with Crippen LogP contribution in [0.4, 0.5) is 5.69 Å². The van der Waals surface area contributed by atoms with E-state index in [9.17, 15) is 13.8 Å². The number of amides is 1. The number of anilines is 1. The van der Waals surface area contributed by atoms with Gasteiger partial charge in [0.2, 0.25) is 0 Å². The highest BCUT2D eigenvalue weighted by Gasteiger charge is 2.22. The van der Waals surface area contributed by atoms with Crippen molar-refractivity contribution in [2.24, 2.45) is 0 Å². The van der Waals surface area contributed by atoms with E-state index in [4.69, 9.17) is 4.74 Å². The first-order chi connectivity index (χ1) is 11.9. The maximum Gasteiger partial charge on any atom is 0.340 e. The Kier molecular flexibility index (Phi) is 6.47. The van der Waals surface area contributed by atoms with Crippen molar-refractivity contribution in [1.82, 2.24) is 0 Å². The van der Waals surface area contributed by atoms with Crippen molar-refractivity contribution < 1.29 is 18.5 Å². The van der Waals surface area contributed by atoms with Crippen molar-refractivity contribution >= 4 is 28.4 Å². The normalized spacial score (nSPS) is 12.9. The van der Waals surface area contributed by atoms with Gasteiger partial charge in [-0.3, -0.25) is 9.00 Å². The lowest BCUT2D eigenvalue weighted by Gasteiger charge is -2.15. The van der Waals surface area contributed by atoms with Gasteiger partial charge < -0.3 is 10.1 Å². The summed E-state index contributed by atoms with van der Waals surface area (Å²) in [5.41, 5.74) is 1.93. The van der Waals surface area contributed by atoms with Crippen LogP contribution in [0.1, 0.15) is 29.8 Å². The molecule has 1 amide bonds. The van der Waals surface area contributed by atoms with Gasteiger partial charge in [0.1, 0.15) is 0 Å². The number of ether oxygens (including phenoxy) is 1. The molecular formula is C19H21NO4S. The van der Waals surface area contributed by atoms with E-state index in [1.54, 1.807) is 43.3 Å². The molecule has 0 aliphatic heterocycles. The van der Waals surface area contributed by atoms with Gasteiger partial charge in [-0.15, -0.1) is 0 Å². The van der Waals surface area contributed by atoms with E-state index < -0.39 is 28.8 Å². The second kappa shape index (κ2) is 8.58. The summed E-state index contributed by atoms with van der Waals surface area (Å²) in [6.45, 7) is 5.23. The quantitative estimate of drug-likeness (QED) is 0.803. The number of esters is 1. The Bertz CT molecular complexity index is 786. The van der Waals surface area contributed by atoms with Crippen LogP contribution in [0, 0.1) is 6.92 Å². The number of rotatable bonds is 6. The van der Waals surface area contributed by atoms with Gasteiger partial charge in [0.05, 0.1) is 21.3 Å². The Morgan fingerprint density at radius 2 is 1.76 bits per heavy atom. The third kappa shape index (κ3) is 5.00. The van der Waals surface area contributed by atoms with E-state index in [1.807, 2.05) is 19.1 Å². The van der Waals surface area contributed by atoms with Crippen LogP contribution >= 0.6 is 0 Å². The summed E-state index contributed by atoms with van der Waals surface area (Å²) >= 11 is 0. The van der Waals surface area contributed by atoms with E-state index in [0.717, 1.165) is 5.56 Å². The van der Waals surface area contributed by atoms with Gasteiger partial charge in [0, 0.05) is 11.4 Å². The van der Waals surface area contributed by atoms with Crippen molar-refractivity contribution in [3.8, 4) is 0 Å². The summed E-state index contributed by atoms with van der Waals surface area (Å²) < 4.78 is 17.3. The van der Waals surface area contributed by atoms with Crippen molar-refractivity contribution in [2.75, 3.05) is 11.1 Å². The molecule has 5 nitrogen and oxygen atoms in total. The van der Waals surface area contributed by atoms with Gasteiger partial charge >= 0.3 is 5.97 Å². The van der Waals surface area contributed by atoms with Gasteiger partial charge in [-0.2, -0.15) is 0 Å².